The summed E-state index contributed by atoms with van der Waals surface area (Å²) in [6, 6.07) is -1.08. The summed E-state index contributed by atoms with van der Waals surface area (Å²) in [4.78, 5) is 69.0. The number of aliphatic hydroxyl groups excluding tert-OH is 1. The summed E-state index contributed by atoms with van der Waals surface area (Å²) in [5.41, 5.74) is 0. The van der Waals surface area contributed by atoms with Crippen LogP contribution in [-0.4, -0.2) is 162 Å². The molecule has 0 rings (SSSR count). The minimum absolute atomic E-state index is 0.0535. The van der Waals surface area contributed by atoms with Crippen LogP contribution in [0.3, 0.4) is 0 Å². The predicted octanol–water partition coefficient (Wildman–Crippen LogP) is 3.27. The first-order valence-electron chi connectivity index (χ1n) is 23.2. The highest BCUT2D eigenvalue weighted by atomic mass is 16.5. The molecule has 0 aliphatic carbocycles. The molecule has 63 heavy (non-hydrogen) atoms. The average molecular weight is 907 g/mol. The molecular formula is C44H82N4O15. The molecule has 0 bridgehead atoms. The summed E-state index contributed by atoms with van der Waals surface area (Å²) in [6.07, 6.45) is 17.7. The number of unbranched alkanes of at least 4 members (excludes halogenated alkanes) is 15. The number of Topliss-reactive ketones (excluding diaryl/α,β-unsaturated/α-hetero) is 1. The quantitative estimate of drug-likeness (QED) is 0.0341. The zero-order valence-corrected chi connectivity index (χ0v) is 38.1. The fourth-order valence-electron chi connectivity index (χ4n) is 6.12. The van der Waals surface area contributed by atoms with Gasteiger partial charge in [-0.15, -0.1) is 0 Å². The van der Waals surface area contributed by atoms with E-state index in [9.17, 15) is 39.0 Å². The Labute approximate surface area is 375 Å². The van der Waals surface area contributed by atoms with E-state index in [-0.39, 0.29) is 115 Å². The first-order chi connectivity index (χ1) is 30.5. The number of carboxylic acid groups (broad SMARTS) is 2. The van der Waals surface area contributed by atoms with Crippen molar-refractivity contribution >= 4 is 35.4 Å². The van der Waals surface area contributed by atoms with Crippen molar-refractivity contribution in [2.75, 3.05) is 98.9 Å². The van der Waals surface area contributed by atoms with E-state index in [1.54, 1.807) is 0 Å². The maximum absolute atomic E-state index is 12.4. The van der Waals surface area contributed by atoms with Crippen LogP contribution in [0.4, 0.5) is 0 Å². The number of carboxylic acids is 2. The highest BCUT2D eigenvalue weighted by molar-refractivity contribution is 5.83. The van der Waals surface area contributed by atoms with Crippen molar-refractivity contribution in [1.82, 2.24) is 21.3 Å². The fourth-order valence-corrected chi connectivity index (χ4v) is 6.12. The molecule has 19 nitrogen and oxygen atoms in total. The Balaban J connectivity index is 3.61. The Morgan fingerprint density at radius 2 is 0.825 bits per heavy atom. The van der Waals surface area contributed by atoms with E-state index in [4.69, 9.17) is 33.5 Å². The zero-order chi connectivity index (χ0) is 46.4. The molecule has 0 spiro atoms. The van der Waals surface area contributed by atoms with Gasteiger partial charge < -0.3 is 59.7 Å². The molecule has 2 unspecified atom stereocenters. The maximum atomic E-state index is 12.4. The van der Waals surface area contributed by atoms with Crippen molar-refractivity contribution in [3.05, 3.63) is 0 Å². The third kappa shape index (κ3) is 46.5. The fraction of sp³-hybridized carbons (Fsp3) is 0.864. The van der Waals surface area contributed by atoms with Gasteiger partial charge in [-0.3, -0.25) is 29.3 Å². The number of aliphatic hydroxyl groups is 1. The summed E-state index contributed by atoms with van der Waals surface area (Å²) in [5, 5.41) is 39.2. The van der Waals surface area contributed by atoms with Crippen LogP contribution < -0.4 is 21.3 Å². The van der Waals surface area contributed by atoms with Crippen LogP contribution in [0.5, 0.6) is 0 Å². The molecule has 368 valence electrons. The average Bonchev–Trinajstić information content (AvgIpc) is 3.24. The van der Waals surface area contributed by atoms with Gasteiger partial charge in [-0.05, 0) is 32.6 Å². The van der Waals surface area contributed by atoms with Crippen LogP contribution in [0.25, 0.3) is 0 Å². The molecule has 0 aromatic rings. The SMILES string of the molecule is CC(=O)COCCOCCNC(=O)COCCOCCNC(=O)COCCOCCNC(O)CCC(NC(=O)CCCCCCCCCCCCCCCCCCC(=O)O)C(=O)O. The number of hydrogen-bond donors (Lipinski definition) is 7. The van der Waals surface area contributed by atoms with E-state index >= 15 is 0 Å². The summed E-state index contributed by atoms with van der Waals surface area (Å²) < 4.78 is 31.7. The number of ketones is 1. The molecule has 7 N–H and O–H groups in total. The molecule has 0 aromatic heterocycles. The van der Waals surface area contributed by atoms with Crippen molar-refractivity contribution in [2.45, 2.75) is 148 Å². The molecule has 0 saturated heterocycles. The van der Waals surface area contributed by atoms with Gasteiger partial charge in [0.1, 0.15) is 32.1 Å². The number of carbonyl (C=O) groups is 6. The lowest BCUT2D eigenvalue weighted by Gasteiger charge is -2.18. The molecule has 0 radical (unpaired) electrons. The Hall–Kier alpha value is -3.30. The minimum Gasteiger partial charge on any atom is -0.481 e. The number of hydrogen-bond acceptors (Lipinski definition) is 14. The third-order valence-corrected chi connectivity index (χ3v) is 9.56. The molecular weight excluding hydrogens is 824 g/mol. The number of carbonyl (C=O) groups excluding carboxylic acids is 4. The smallest absolute Gasteiger partial charge is 0.326 e. The second-order valence-corrected chi connectivity index (χ2v) is 15.5. The van der Waals surface area contributed by atoms with Crippen LogP contribution in [0.2, 0.25) is 0 Å². The topological polar surface area (TPSA) is 267 Å². The third-order valence-electron chi connectivity index (χ3n) is 9.56. The van der Waals surface area contributed by atoms with Crippen LogP contribution >= 0.6 is 0 Å². The number of rotatable bonds is 49. The number of ether oxygens (including phenoxy) is 6. The van der Waals surface area contributed by atoms with Crippen LogP contribution in [-0.2, 0) is 57.2 Å². The van der Waals surface area contributed by atoms with Crippen molar-refractivity contribution in [3.8, 4) is 0 Å². The highest BCUT2D eigenvalue weighted by Crippen LogP contribution is 2.14. The first-order valence-corrected chi connectivity index (χ1v) is 23.2. The van der Waals surface area contributed by atoms with Crippen molar-refractivity contribution in [2.24, 2.45) is 0 Å². The van der Waals surface area contributed by atoms with E-state index < -0.39 is 24.2 Å². The summed E-state index contributed by atoms with van der Waals surface area (Å²) in [5.74, 6) is -2.79. The van der Waals surface area contributed by atoms with Crippen LogP contribution in [0.1, 0.15) is 135 Å². The molecule has 0 aromatic carbocycles. The van der Waals surface area contributed by atoms with Crippen molar-refractivity contribution < 1.29 is 72.5 Å². The van der Waals surface area contributed by atoms with Gasteiger partial charge >= 0.3 is 11.9 Å². The Bertz CT molecular complexity index is 1170. The van der Waals surface area contributed by atoms with Gasteiger partial charge in [0.25, 0.3) is 0 Å². The van der Waals surface area contributed by atoms with Crippen molar-refractivity contribution in [1.29, 1.82) is 0 Å². The monoisotopic (exact) mass is 907 g/mol. The van der Waals surface area contributed by atoms with E-state index in [2.05, 4.69) is 21.3 Å². The highest BCUT2D eigenvalue weighted by Gasteiger charge is 2.21. The van der Waals surface area contributed by atoms with E-state index in [1.807, 2.05) is 0 Å². The summed E-state index contributed by atoms with van der Waals surface area (Å²) in [7, 11) is 0. The largest absolute Gasteiger partial charge is 0.481 e. The first kappa shape index (κ1) is 59.7. The van der Waals surface area contributed by atoms with Gasteiger partial charge in [0.15, 0.2) is 5.78 Å². The van der Waals surface area contributed by atoms with Crippen molar-refractivity contribution in [3.63, 3.8) is 0 Å². The summed E-state index contributed by atoms with van der Waals surface area (Å²) >= 11 is 0. The normalized spacial score (nSPS) is 12.2. The van der Waals surface area contributed by atoms with E-state index in [0.717, 1.165) is 38.5 Å². The van der Waals surface area contributed by atoms with E-state index in [1.165, 1.54) is 64.7 Å². The lowest BCUT2D eigenvalue weighted by atomic mass is 10.0. The Kier molecular flexibility index (Phi) is 42.9. The lowest BCUT2D eigenvalue weighted by Crippen LogP contribution is -2.42. The molecule has 2 atom stereocenters. The number of aliphatic carboxylic acids is 2. The zero-order valence-electron chi connectivity index (χ0n) is 38.1. The lowest BCUT2D eigenvalue weighted by molar-refractivity contribution is -0.142. The molecule has 0 aliphatic heterocycles. The van der Waals surface area contributed by atoms with Crippen LogP contribution in [0.15, 0.2) is 0 Å². The molecule has 0 saturated carbocycles. The molecule has 19 heteroatoms. The summed E-state index contributed by atoms with van der Waals surface area (Å²) in [6.45, 7) is 4.48. The van der Waals surface area contributed by atoms with Gasteiger partial charge in [0.05, 0.1) is 59.5 Å². The Morgan fingerprint density at radius 1 is 0.444 bits per heavy atom. The van der Waals surface area contributed by atoms with Gasteiger partial charge in [0.2, 0.25) is 17.7 Å². The van der Waals surface area contributed by atoms with Gasteiger partial charge in [-0.25, -0.2) is 4.79 Å². The van der Waals surface area contributed by atoms with Gasteiger partial charge in [0, 0.05) is 32.5 Å². The molecule has 0 aliphatic rings. The van der Waals surface area contributed by atoms with Gasteiger partial charge in [-0.1, -0.05) is 89.9 Å². The standard InChI is InChI=1S/C44H82N4O15/c1-37(49)34-61-31-28-59-26-23-46-41(52)36-63-33-30-60-27-24-47-42(53)35-62-32-29-58-25-22-45-39(50)21-20-38(44(56)57)48-40(51)18-16-14-12-10-8-6-4-2-3-5-7-9-11-13-15-17-19-43(54)55/h38-39,45,50H,2-36H2,1H3,(H,46,52)(H,47,53)(H,48,51)(H,54,55)(H,56,57). The Morgan fingerprint density at radius 3 is 1.24 bits per heavy atom. The second kappa shape index (κ2) is 45.3. The van der Waals surface area contributed by atoms with Gasteiger partial charge in [-0.2, -0.15) is 0 Å². The molecule has 0 fully saturated rings. The number of amides is 3. The molecule has 0 heterocycles. The number of nitrogens with one attached hydrogen (secondary N) is 4. The minimum atomic E-state index is -1.14. The second-order valence-electron chi connectivity index (χ2n) is 15.5. The maximum Gasteiger partial charge on any atom is 0.326 e. The molecule has 3 amide bonds. The van der Waals surface area contributed by atoms with E-state index in [0.29, 0.717) is 39.3 Å². The predicted molar refractivity (Wildman–Crippen MR) is 235 cm³/mol. The van der Waals surface area contributed by atoms with Crippen LogP contribution in [0, 0.1) is 0 Å².